The van der Waals surface area contributed by atoms with Crippen LogP contribution in [-0.2, 0) is 0 Å². The first-order chi connectivity index (χ1) is 3.39. The second kappa shape index (κ2) is 2.64. The predicted molar refractivity (Wildman–Crippen MR) is 33.8 cm³/mol. The van der Waals surface area contributed by atoms with E-state index in [4.69, 9.17) is 0 Å². The average molecular weight is 161 g/mol. The summed E-state index contributed by atoms with van der Waals surface area (Å²) in [5, 5.41) is 0. The van der Waals surface area contributed by atoms with E-state index in [1.807, 2.05) is 0 Å². The summed E-state index contributed by atoms with van der Waals surface area (Å²) in [5.74, 6) is 0. The van der Waals surface area contributed by atoms with Gasteiger partial charge in [0.2, 0.25) is 0 Å². The van der Waals surface area contributed by atoms with E-state index in [2.05, 4.69) is 15.6 Å². The van der Waals surface area contributed by atoms with E-state index in [0.717, 1.165) is 0 Å². The molecule has 1 fully saturated rings. The fourth-order valence-corrected chi connectivity index (χ4v) is 1.55. The molecule has 1 aliphatic rings. The zero-order valence-corrected chi connectivity index (χ0v) is 6.16. The van der Waals surface area contributed by atoms with Crippen molar-refractivity contribution < 1.29 is 0 Å². The molecule has 0 nitrogen and oxygen atoms in total. The standard InChI is InChI=1S/C6H10Se/c7-6-4-2-1-3-5-6/h1-5H2. The molecule has 1 rings (SSSR count). The van der Waals surface area contributed by atoms with Crippen LogP contribution < -0.4 is 0 Å². The van der Waals surface area contributed by atoms with Gasteiger partial charge in [0.15, 0.2) is 0 Å². The monoisotopic (exact) mass is 162 g/mol. The molecule has 0 atom stereocenters. The zero-order valence-electron chi connectivity index (χ0n) is 4.44. The molecule has 0 amide bonds. The second-order valence-electron chi connectivity index (χ2n) is 2.10. The molecule has 0 heterocycles. The molecule has 0 unspecified atom stereocenters. The predicted octanol–water partition coefficient (Wildman–Crippen LogP) is 1.29. The molecular formula is C6H10Se. The summed E-state index contributed by atoms with van der Waals surface area (Å²) in [7, 11) is 0. The summed E-state index contributed by atoms with van der Waals surface area (Å²) in [4.78, 5) is 0. The van der Waals surface area contributed by atoms with Gasteiger partial charge in [-0.2, -0.15) is 0 Å². The van der Waals surface area contributed by atoms with Crippen molar-refractivity contribution in [2.75, 3.05) is 0 Å². The van der Waals surface area contributed by atoms with Crippen LogP contribution in [0.3, 0.4) is 0 Å². The van der Waals surface area contributed by atoms with Crippen molar-refractivity contribution in [2.45, 2.75) is 32.1 Å². The summed E-state index contributed by atoms with van der Waals surface area (Å²) < 4.78 is 1.59. The fraction of sp³-hybridized carbons (Fsp3) is 0.833. The summed E-state index contributed by atoms with van der Waals surface area (Å²) in [5.41, 5.74) is 0. The molecule has 0 aromatic heterocycles. The van der Waals surface area contributed by atoms with Crippen LogP contribution in [0.1, 0.15) is 32.1 Å². The molecule has 1 saturated carbocycles. The maximum atomic E-state index is 3.10. The third-order valence-corrected chi connectivity index (χ3v) is 2.27. The summed E-state index contributed by atoms with van der Waals surface area (Å²) in [6, 6.07) is 0. The van der Waals surface area contributed by atoms with E-state index in [0.29, 0.717) is 0 Å². The molecule has 1 aliphatic carbocycles. The van der Waals surface area contributed by atoms with Gasteiger partial charge in [-0.1, -0.05) is 0 Å². The van der Waals surface area contributed by atoms with Gasteiger partial charge in [0, 0.05) is 0 Å². The van der Waals surface area contributed by atoms with Crippen LogP contribution in [0.4, 0.5) is 0 Å². The first-order valence-corrected chi connectivity index (χ1v) is 3.77. The Bertz CT molecular complexity index is 68.2. The van der Waals surface area contributed by atoms with Crippen LogP contribution in [0.2, 0.25) is 0 Å². The van der Waals surface area contributed by atoms with E-state index in [9.17, 15) is 0 Å². The van der Waals surface area contributed by atoms with Crippen molar-refractivity contribution in [1.29, 1.82) is 0 Å². The van der Waals surface area contributed by atoms with Gasteiger partial charge in [-0.3, -0.25) is 0 Å². The van der Waals surface area contributed by atoms with Gasteiger partial charge < -0.3 is 0 Å². The fourth-order valence-electron chi connectivity index (χ4n) is 0.946. The minimum atomic E-state index is 1.35. The Morgan fingerprint density at radius 1 is 1.00 bits per heavy atom. The summed E-state index contributed by atoms with van der Waals surface area (Å²) in [6.07, 6.45) is 6.98. The van der Waals surface area contributed by atoms with Crippen molar-refractivity contribution in [3.63, 3.8) is 0 Å². The zero-order chi connectivity index (χ0) is 5.11. The van der Waals surface area contributed by atoms with Gasteiger partial charge in [0.05, 0.1) is 0 Å². The van der Waals surface area contributed by atoms with Crippen molar-refractivity contribution in [3.05, 3.63) is 0 Å². The van der Waals surface area contributed by atoms with Crippen molar-refractivity contribution in [1.82, 2.24) is 0 Å². The molecular weight excluding hydrogens is 151 g/mol. The van der Waals surface area contributed by atoms with E-state index >= 15 is 0 Å². The Hall–Kier alpha value is 0.389. The van der Waals surface area contributed by atoms with E-state index in [-0.39, 0.29) is 0 Å². The molecule has 40 valence electrons. The van der Waals surface area contributed by atoms with Crippen LogP contribution in [0.25, 0.3) is 0 Å². The molecule has 0 aromatic carbocycles. The third-order valence-electron chi connectivity index (χ3n) is 1.41. The summed E-state index contributed by atoms with van der Waals surface area (Å²) >= 11 is 3.10. The molecule has 0 saturated heterocycles. The van der Waals surface area contributed by atoms with Gasteiger partial charge in [-0.15, -0.1) is 0 Å². The third kappa shape index (κ3) is 1.75. The molecule has 0 spiro atoms. The Morgan fingerprint density at radius 3 is 1.86 bits per heavy atom. The summed E-state index contributed by atoms with van der Waals surface area (Å²) in [6.45, 7) is 0. The van der Waals surface area contributed by atoms with Gasteiger partial charge in [0.1, 0.15) is 0 Å². The first-order valence-electron chi connectivity index (χ1n) is 2.91. The number of hydrogen-bond acceptors (Lipinski definition) is 0. The van der Waals surface area contributed by atoms with Crippen LogP contribution in [0.15, 0.2) is 0 Å². The first kappa shape index (κ1) is 5.52. The number of hydrogen-bond donors (Lipinski definition) is 0. The molecule has 0 aromatic rings. The average Bonchev–Trinajstić information content (AvgIpc) is 1.69. The van der Waals surface area contributed by atoms with Crippen LogP contribution in [0.5, 0.6) is 0 Å². The van der Waals surface area contributed by atoms with Gasteiger partial charge in [-0.05, 0) is 0 Å². The second-order valence-corrected chi connectivity index (χ2v) is 3.31. The van der Waals surface area contributed by atoms with Gasteiger partial charge in [0.25, 0.3) is 0 Å². The Morgan fingerprint density at radius 2 is 1.57 bits per heavy atom. The molecule has 1 heteroatoms. The van der Waals surface area contributed by atoms with Crippen molar-refractivity contribution in [2.24, 2.45) is 0 Å². The van der Waals surface area contributed by atoms with Crippen LogP contribution in [-0.4, -0.2) is 20.0 Å². The Labute approximate surface area is 52.7 Å². The molecule has 0 bridgehead atoms. The topological polar surface area (TPSA) is 0 Å². The SMILES string of the molecule is [Se]=C1CCCCC1. The van der Waals surface area contributed by atoms with Crippen LogP contribution in [0, 0.1) is 0 Å². The molecule has 0 aliphatic heterocycles. The Kier molecular flexibility index (Phi) is 2.08. The number of rotatable bonds is 0. The van der Waals surface area contributed by atoms with Crippen molar-refractivity contribution in [3.8, 4) is 0 Å². The molecule has 0 N–H and O–H groups in total. The van der Waals surface area contributed by atoms with E-state index < -0.39 is 0 Å². The molecule has 0 radical (unpaired) electrons. The normalized spacial score (nSPS) is 22.6. The maximum absolute atomic E-state index is 3.10. The van der Waals surface area contributed by atoms with E-state index in [1.54, 1.807) is 4.42 Å². The quantitative estimate of drug-likeness (QED) is 0.469. The van der Waals surface area contributed by atoms with E-state index in [1.165, 1.54) is 32.1 Å². The minimum absolute atomic E-state index is 1.35. The molecule has 7 heavy (non-hydrogen) atoms. The van der Waals surface area contributed by atoms with Gasteiger partial charge in [-0.25, -0.2) is 0 Å². The Balaban J connectivity index is 2.25. The van der Waals surface area contributed by atoms with Crippen LogP contribution >= 0.6 is 0 Å². The van der Waals surface area contributed by atoms with Crippen molar-refractivity contribution >= 4 is 20.0 Å². The van der Waals surface area contributed by atoms with Gasteiger partial charge >= 0.3 is 52.1 Å².